The van der Waals surface area contributed by atoms with Crippen molar-refractivity contribution in [3.8, 4) is 0 Å². The van der Waals surface area contributed by atoms with Crippen molar-refractivity contribution in [3.63, 3.8) is 0 Å². The SMILES string of the molecule is O=C(O)c1ccc(Br)c(S(=O)(=O)Nc2ccc(F)nc2)c1. The monoisotopic (exact) mass is 374 g/mol. The van der Waals surface area contributed by atoms with Crippen molar-refractivity contribution in [1.29, 1.82) is 0 Å². The molecule has 0 saturated heterocycles. The summed E-state index contributed by atoms with van der Waals surface area (Å²) in [4.78, 5) is 14.0. The lowest BCUT2D eigenvalue weighted by molar-refractivity contribution is 0.0696. The molecule has 2 N–H and O–H groups in total. The number of sulfonamides is 1. The van der Waals surface area contributed by atoms with Crippen molar-refractivity contribution in [1.82, 2.24) is 4.98 Å². The minimum absolute atomic E-state index is 0.0593. The van der Waals surface area contributed by atoms with Crippen molar-refractivity contribution in [2.24, 2.45) is 0 Å². The first-order chi connectivity index (χ1) is 9.79. The number of carbonyl (C=O) groups is 1. The lowest BCUT2D eigenvalue weighted by atomic mass is 10.2. The molecule has 9 heteroatoms. The lowest BCUT2D eigenvalue weighted by Crippen LogP contribution is -2.14. The Morgan fingerprint density at radius 2 is 2.00 bits per heavy atom. The van der Waals surface area contributed by atoms with Crippen LogP contribution < -0.4 is 4.72 Å². The van der Waals surface area contributed by atoms with E-state index in [1.165, 1.54) is 18.2 Å². The Balaban J connectivity index is 2.41. The summed E-state index contributed by atoms with van der Waals surface area (Å²) in [5, 5.41) is 8.90. The Bertz CT molecular complexity index is 793. The fourth-order valence-electron chi connectivity index (χ4n) is 1.49. The van der Waals surface area contributed by atoms with Gasteiger partial charge in [-0.15, -0.1) is 0 Å². The van der Waals surface area contributed by atoms with Crippen LogP contribution in [-0.4, -0.2) is 24.5 Å². The predicted octanol–water partition coefficient (Wildman–Crippen LogP) is 2.48. The van der Waals surface area contributed by atoms with Crippen molar-refractivity contribution < 1.29 is 22.7 Å². The van der Waals surface area contributed by atoms with E-state index in [0.29, 0.717) is 0 Å². The fraction of sp³-hybridized carbons (Fsp3) is 0. The number of carboxylic acids is 1. The number of carboxylic acid groups (broad SMARTS) is 1. The first-order valence-electron chi connectivity index (χ1n) is 5.47. The molecule has 0 spiro atoms. The maximum absolute atomic E-state index is 12.7. The highest BCUT2D eigenvalue weighted by molar-refractivity contribution is 9.10. The minimum atomic E-state index is -4.04. The van der Waals surface area contributed by atoms with Crippen molar-refractivity contribution in [2.75, 3.05) is 4.72 Å². The van der Waals surface area contributed by atoms with Crippen LogP contribution in [0.15, 0.2) is 45.9 Å². The van der Waals surface area contributed by atoms with E-state index in [0.717, 1.165) is 18.3 Å². The number of nitrogens with one attached hydrogen (secondary N) is 1. The largest absolute Gasteiger partial charge is 0.478 e. The van der Waals surface area contributed by atoms with E-state index >= 15 is 0 Å². The summed E-state index contributed by atoms with van der Waals surface area (Å²) >= 11 is 3.05. The van der Waals surface area contributed by atoms with Gasteiger partial charge < -0.3 is 5.11 Å². The zero-order valence-corrected chi connectivity index (χ0v) is 12.6. The van der Waals surface area contributed by atoms with Gasteiger partial charge in [0.2, 0.25) is 5.95 Å². The average Bonchev–Trinajstić information content (AvgIpc) is 2.41. The molecule has 0 aliphatic carbocycles. The number of rotatable bonds is 4. The van der Waals surface area contributed by atoms with Gasteiger partial charge in [0.05, 0.1) is 17.4 Å². The lowest BCUT2D eigenvalue weighted by Gasteiger charge is -2.10. The number of halogens is 2. The van der Waals surface area contributed by atoms with Crippen LogP contribution in [0.1, 0.15) is 10.4 Å². The number of anilines is 1. The van der Waals surface area contributed by atoms with Gasteiger partial charge >= 0.3 is 5.97 Å². The van der Waals surface area contributed by atoms with Crippen LogP contribution in [0.3, 0.4) is 0 Å². The molecular formula is C12H8BrFN2O4S. The Hall–Kier alpha value is -2.00. The number of hydrogen-bond acceptors (Lipinski definition) is 4. The summed E-state index contributed by atoms with van der Waals surface area (Å²) < 4.78 is 39.5. The molecular weight excluding hydrogens is 367 g/mol. The quantitative estimate of drug-likeness (QED) is 0.801. The molecule has 110 valence electrons. The number of hydrogen-bond donors (Lipinski definition) is 2. The van der Waals surface area contributed by atoms with Crippen LogP contribution in [-0.2, 0) is 10.0 Å². The summed E-state index contributed by atoms with van der Waals surface area (Å²) in [6.45, 7) is 0. The highest BCUT2D eigenvalue weighted by Crippen LogP contribution is 2.25. The number of nitrogens with zero attached hydrogens (tertiary/aromatic N) is 1. The fourth-order valence-corrected chi connectivity index (χ4v) is 3.52. The molecule has 1 heterocycles. The summed E-state index contributed by atoms with van der Waals surface area (Å²) in [6.07, 6.45) is 1.02. The Morgan fingerprint density at radius 1 is 1.29 bits per heavy atom. The van der Waals surface area contributed by atoms with Crippen LogP contribution in [0.25, 0.3) is 0 Å². The molecule has 2 rings (SSSR count). The molecule has 0 amide bonds. The topological polar surface area (TPSA) is 96.4 Å². The molecule has 0 aliphatic heterocycles. The summed E-state index contributed by atoms with van der Waals surface area (Å²) in [5.41, 5.74) is -0.111. The second kappa shape index (κ2) is 5.78. The molecule has 2 aromatic rings. The smallest absolute Gasteiger partial charge is 0.335 e. The third-order valence-electron chi connectivity index (χ3n) is 2.45. The van der Waals surface area contributed by atoms with Gasteiger partial charge in [0.25, 0.3) is 10.0 Å². The average molecular weight is 375 g/mol. The van der Waals surface area contributed by atoms with Gasteiger partial charge in [-0.3, -0.25) is 4.72 Å². The van der Waals surface area contributed by atoms with Crippen LogP contribution in [0.5, 0.6) is 0 Å². The van der Waals surface area contributed by atoms with Crippen molar-refractivity contribution in [2.45, 2.75) is 4.90 Å². The molecule has 21 heavy (non-hydrogen) atoms. The highest BCUT2D eigenvalue weighted by atomic mass is 79.9. The predicted molar refractivity (Wildman–Crippen MR) is 76.1 cm³/mol. The zero-order chi connectivity index (χ0) is 15.6. The summed E-state index contributed by atoms with van der Waals surface area (Å²) in [5.74, 6) is -1.99. The van der Waals surface area contributed by atoms with E-state index in [4.69, 9.17) is 5.11 Å². The van der Waals surface area contributed by atoms with E-state index < -0.39 is 21.9 Å². The Morgan fingerprint density at radius 3 is 2.57 bits per heavy atom. The van der Waals surface area contributed by atoms with Gasteiger partial charge in [-0.2, -0.15) is 4.39 Å². The molecule has 6 nitrogen and oxygen atoms in total. The van der Waals surface area contributed by atoms with Gasteiger partial charge in [0.1, 0.15) is 4.90 Å². The highest BCUT2D eigenvalue weighted by Gasteiger charge is 2.20. The third-order valence-corrected chi connectivity index (χ3v) is 4.82. The molecule has 0 fully saturated rings. The molecule has 1 aromatic carbocycles. The van der Waals surface area contributed by atoms with Gasteiger partial charge in [0.15, 0.2) is 0 Å². The van der Waals surface area contributed by atoms with Gasteiger partial charge in [0, 0.05) is 4.47 Å². The second-order valence-electron chi connectivity index (χ2n) is 3.93. The van der Waals surface area contributed by atoms with Gasteiger partial charge in [-0.05, 0) is 46.3 Å². The van der Waals surface area contributed by atoms with Crippen LogP contribution in [0.2, 0.25) is 0 Å². The van der Waals surface area contributed by atoms with Crippen molar-refractivity contribution in [3.05, 3.63) is 52.5 Å². The Labute approximate surface area is 127 Å². The third kappa shape index (κ3) is 3.56. The Kier molecular flexibility index (Phi) is 4.24. The molecule has 1 aromatic heterocycles. The standard InChI is InChI=1S/C12H8BrFN2O4S/c13-9-3-1-7(12(17)18)5-10(9)21(19,20)16-8-2-4-11(14)15-6-8/h1-6,16H,(H,17,18). The molecule has 0 saturated carbocycles. The van der Waals surface area contributed by atoms with E-state index in [2.05, 4.69) is 25.6 Å². The van der Waals surface area contributed by atoms with E-state index in [1.54, 1.807) is 0 Å². The van der Waals surface area contributed by atoms with Gasteiger partial charge in [-0.25, -0.2) is 18.2 Å². The first kappa shape index (κ1) is 15.4. The number of benzene rings is 1. The molecule has 0 aliphatic rings. The van der Waals surface area contributed by atoms with Crippen LogP contribution >= 0.6 is 15.9 Å². The number of aromatic carboxylic acids is 1. The van der Waals surface area contributed by atoms with E-state index in [-0.39, 0.29) is 20.6 Å². The van der Waals surface area contributed by atoms with Crippen LogP contribution in [0, 0.1) is 5.95 Å². The number of pyridine rings is 1. The normalized spacial score (nSPS) is 11.1. The molecule has 0 radical (unpaired) electrons. The molecule has 0 unspecified atom stereocenters. The zero-order valence-electron chi connectivity index (χ0n) is 10.2. The second-order valence-corrected chi connectivity index (χ2v) is 6.43. The van der Waals surface area contributed by atoms with Crippen molar-refractivity contribution >= 4 is 37.6 Å². The van der Waals surface area contributed by atoms with Gasteiger partial charge in [-0.1, -0.05) is 0 Å². The van der Waals surface area contributed by atoms with Crippen LogP contribution in [0.4, 0.5) is 10.1 Å². The maximum Gasteiger partial charge on any atom is 0.335 e. The summed E-state index contributed by atoms with van der Waals surface area (Å²) in [7, 11) is -4.04. The molecule has 0 bridgehead atoms. The first-order valence-corrected chi connectivity index (χ1v) is 7.74. The summed E-state index contributed by atoms with van der Waals surface area (Å²) in [6, 6.07) is 5.81. The minimum Gasteiger partial charge on any atom is -0.478 e. The van der Waals surface area contributed by atoms with E-state index in [9.17, 15) is 17.6 Å². The van der Waals surface area contributed by atoms with E-state index in [1.807, 2.05) is 0 Å². The molecule has 0 atom stereocenters. The number of aromatic nitrogens is 1. The maximum atomic E-state index is 12.7.